The smallest absolute Gasteiger partial charge is 0.225 e. The van der Waals surface area contributed by atoms with E-state index in [1.165, 1.54) is 11.1 Å². The molecule has 2 aliphatic heterocycles. The van der Waals surface area contributed by atoms with Crippen LogP contribution in [0.5, 0.6) is 0 Å². The van der Waals surface area contributed by atoms with E-state index in [1.54, 1.807) is 5.01 Å². The second kappa shape index (κ2) is 11.0. The van der Waals surface area contributed by atoms with Gasteiger partial charge in [0, 0.05) is 44.8 Å². The Kier molecular flexibility index (Phi) is 7.66. The van der Waals surface area contributed by atoms with Gasteiger partial charge in [0.2, 0.25) is 11.8 Å². The van der Waals surface area contributed by atoms with Gasteiger partial charge in [-0.05, 0) is 50.7 Å². The van der Waals surface area contributed by atoms with Crippen molar-refractivity contribution in [1.82, 2.24) is 30.4 Å². The van der Waals surface area contributed by atoms with Gasteiger partial charge in [-0.15, -0.1) is 0 Å². The third kappa shape index (κ3) is 5.39. The lowest BCUT2D eigenvalue weighted by Crippen LogP contribution is -2.65. The molecule has 0 radical (unpaired) electrons. The van der Waals surface area contributed by atoms with Crippen molar-refractivity contribution in [1.29, 1.82) is 5.26 Å². The molecular weight excluding hydrogens is 487 g/mol. The molecule has 38 heavy (non-hydrogen) atoms. The first-order valence-electron chi connectivity index (χ1n) is 13.6. The molecule has 4 unspecified atom stereocenters. The molecule has 1 aromatic heterocycles. The fraction of sp³-hybridized carbons (Fsp3) is 0.630. The average molecular weight is 525 g/mol. The van der Waals surface area contributed by atoms with Crippen LogP contribution in [0.25, 0.3) is 5.57 Å². The minimum Gasteiger partial charge on any atom is -0.369 e. The van der Waals surface area contributed by atoms with E-state index in [0.29, 0.717) is 19.5 Å². The van der Waals surface area contributed by atoms with Crippen LogP contribution < -0.4 is 16.5 Å². The van der Waals surface area contributed by atoms with Gasteiger partial charge in [-0.25, -0.2) is 14.8 Å². The van der Waals surface area contributed by atoms with Gasteiger partial charge >= 0.3 is 0 Å². The molecule has 3 heterocycles. The number of hydrazine groups is 1. The Bertz CT molecular complexity index is 1170. The topological polar surface area (TPSA) is 132 Å². The molecule has 1 saturated carbocycles. The molecule has 11 heteroatoms. The Morgan fingerprint density at radius 1 is 1.32 bits per heavy atom. The van der Waals surface area contributed by atoms with Crippen LogP contribution in [0.1, 0.15) is 51.1 Å². The SMILES string of the molecule is CCn1ccc(C2=CC=C(CN3CCC(CC#N)(N4CC(C(N)=O)C(NC(=O)C5CC5)N4)C(F)C3)CC2)n1. The molecule has 0 aromatic carbocycles. The van der Waals surface area contributed by atoms with Crippen LogP contribution >= 0.6 is 0 Å². The van der Waals surface area contributed by atoms with Gasteiger partial charge in [-0.3, -0.25) is 19.2 Å². The Hall–Kier alpha value is -3.07. The number of likely N-dealkylation sites (tertiary alicyclic amines) is 1. The van der Waals surface area contributed by atoms with E-state index in [0.717, 1.165) is 37.9 Å². The van der Waals surface area contributed by atoms with Crippen LogP contribution in [0.15, 0.2) is 30.0 Å². The molecule has 1 aromatic rings. The molecule has 4 atom stereocenters. The molecule has 4 aliphatic rings. The normalized spacial score (nSPS) is 30.4. The maximum atomic E-state index is 16.0. The molecule has 0 spiro atoms. The zero-order valence-electron chi connectivity index (χ0n) is 21.9. The highest BCUT2D eigenvalue weighted by molar-refractivity contribution is 5.83. The number of nitriles is 1. The van der Waals surface area contributed by atoms with E-state index >= 15 is 4.39 Å². The Balaban J connectivity index is 1.23. The Labute approximate surface area is 222 Å². The molecule has 0 bridgehead atoms. The van der Waals surface area contributed by atoms with E-state index in [-0.39, 0.29) is 31.3 Å². The van der Waals surface area contributed by atoms with Crippen molar-refractivity contribution in [3.05, 3.63) is 35.7 Å². The predicted molar refractivity (Wildman–Crippen MR) is 139 cm³/mol. The predicted octanol–water partition coefficient (Wildman–Crippen LogP) is 1.48. The maximum Gasteiger partial charge on any atom is 0.225 e. The first kappa shape index (κ1) is 26.5. The van der Waals surface area contributed by atoms with Crippen LogP contribution in [-0.2, 0) is 16.1 Å². The second-order valence-electron chi connectivity index (χ2n) is 11.0. The number of nitrogens with one attached hydrogen (secondary N) is 2. The summed E-state index contributed by atoms with van der Waals surface area (Å²) in [6, 6.07) is 4.21. The van der Waals surface area contributed by atoms with E-state index in [4.69, 9.17) is 5.73 Å². The highest BCUT2D eigenvalue weighted by Crippen LogP contribution is 2.37. The number of aryl methyl sites for hydroxylation is 1. The van der Waals surface area contributed by atoms with Crippen LogP contribution in [0.2, 0.25) is 0 Å². The standard InChI is InChI=1S/C27H37FN8O2/c1-2-35-13-9-22(32-35)19-5-3-18(4-6-19)15-34-14-11-27(10-12-29,23(28)17-34)36-16-21(24(30)37)25(33-36)31-26(38)20-7-8-20/h3,5,9,13,20-21,23,25,33H,2,4,6-8,10-11,14-17H2,1H3,(H2,30,37)(H,31,38). The Morgan fingerprint density at radius 2 is 2.13 bits per heavy atom. The quantitative estimate of drug-likeness (QED) is 0.446. The zero-order chi connectivity index (χ0) is 26.9. The van der Waals surface area contributed by atoms with Crippen molar-refractivity contribution in [3.8, 4) is 6.07 Å². The second-order valence-corrected chi connectivity index (χ2v) is 11.0. The number of hydrogen-bond donors (Lipinski definition) is 3. The summed E-state index contributed by atoms with van der Waals surface area (Å²) >= 11 is 0. The number of amides is 2. The number of allylic oxidation sites excluding steroid dienone is 3. The van der Waals surface area contributed by atoms with E-state index in [9.17, 15) is 14.9 Å². The fourth-order valence-electron chi connectivity index (χ4n) is 5.82. The van der Waals surface area contributed by atoms with Gasteiger partial charge in [-0.1, -0.05) is 17.7 Å². The van der Waals surface area contributed by atoms with Crippen molar-refractivity contribution in [2.75, 3.05) is 26.2 Å². The van der Waals surface area contributed by atoms with Crippen molar-refractivity contribution >= 4 is 17.4 Å². The summed E-state index contributed by atoms with van der Waals surface area (Å²) in [6.45, 7) is 4.54. The van der Waals surface area contributed by atoms with Gasteiger partial charge < -0.3 is 11.1 Å². The summed E-state index contributed by atoms with van der Waals surface area (Å²) in [5.41, 5.74) is 11.2. The number of primary amides is 1. The lowest BCUT2D eigenvalue weighted by Gasteiger charge is -2.48. The molecule has 204 valence electrons. The summed E-state index contributed by atoms with van der Waals surface area (Å²) in [6.07, 6.45) is 8.09. The molecule has 5 rings (SSSR count). The third-order valence-corrected chi connectivity index (χ3v) is 8.43. The van der Waals surface area contributed by atoms with Crippen LogP contribution in [0, 0.1) is 23.2 Å². The van der Waals surface area contributed by atoms with Gasteiger partial charge in [0.15, 0.2) is 0 Å². The summed E-state index contributed by atoms with van der Waals surface area (Å²) in [5, 5.41) is 18.8. The molecule has 10 nitrogen and oxygen atoms in total. The lowest BCUT2D eigenvalue weighted by molar-refractivity contribution is -0.125. The van der Waals surface area contributed by atoms with Crippen molar-refractivity contribution < 1.29 is 14.0 Å². The molecule has 3 fully saturated rings. The largest absolute Gasteiger partial charge is 0.369 e. The van der Waals surface area contributed by atoms with E-state index in [2.05, 4.69) is 45.9 Å². The van der Waals surface area contributed by atoms with Gasteiger partial charge in [0.05, 0.1) is 29.6 Å². The number of nitrogens with zero attached hydrogens (tertiary/aromatic N) is 5. The highest BCUT2D eigenvalue weighted by Gasteiger charge is 2.53. The molecule has 2 saturated heterocycles. The number of carbonyl (C=O) groups excluding carboxylic acids is 2. The number of nitrogens with two attached hydrogens (primary N) is 1. The van der Waals surface area contributed by atoms with Gasteiger partial charge in [0.1, 0.15) is 12.3 Å². The van der Waals surface area contributed by atoms with Crippen LogP contribution in [0.4, 0.5) is 4.39 Å². The van der Waals surface area contributed by atoms with E-state index < -0.39 is 29.7 Å². The number of halogens is 1. The summed E-state index contributed by atoms with van der Waals surface area (Å²) < 4.78 is 17.9. The number of carbonyl (C=O) groups is 2. The van der Waals surface area contributed by atoms with E-state index in [1.807, 2.05) is 16.9 Å². The molecule has 4 N–H and O–H groups in total. The minimum atomic E-state index is -1.32. The number of alkyl halides is 1. The van der Waals surface area contributed by atoms with Crippen molar-refractivity contribution in [3.63, 3.8) is 0 Å². The van der Waals surface area contributed by atoms with Crippen LogP contribution in [-0.4, -0.2) is 75.6 Å². The highest BCUT2D eigenvalue weighted by atomic mass is 19.1. The maximum absolute atomic E-state index is 16.0. The lowest BCUT2D eigenvalue weighted by atomic mass is 9.82. The first-order chi connectivity index (χ1) is 18.3. The van der Waals surface area contributed by atoms with Crippen LogP contribution in [0.3, 0.4) is 0 Å². The average Bonchev–Trinajstić information content (AvgIpc) is 3.50. The third-order valence-electron chi connectivity index (χ3n) is 8.43. The summed E-state index contributed by atoms with van der Waals surface area (Å²) in [7, 11) is 0. The number of aromatic nitrogens is 2. The number of hydrogen-bond acceptors (Lipinski definition) is 7. The van der Waals surface area contributed by atoms with Crippen molar-refractivity contribution in [2.24, 2.45) is 17.6 Å². The Morgan fingerprint density at radius 3 is 2.74 bits per heavy atom. The zero-order valence-corrected chi connectivity index (χ0v) is 21.9. The number of rotatable bonds is 9. The monoisotopic (exact) mass is 524 g/mol. The first-order valence-corrected chi connectivity index (χ1v) is 13.6. The van der Waals surface area contributed by atoms with Crippen molar-refractivity contribution in [2.45, 2.75) is 69.9 Å². The van der Waals surface area contributed by atoms with Gasteiger partial charge in [-0.2, -0.15) is 10.4 Å². The minimum absolute atomic E-state index is 0.0248. The summed E-state index contributed by atoms with van der Waals surface area (Å²) in [5.74, 6) is -1.40. The molecular formula is C27H37FN8O2. The summed E-state index contributed by atoms with van der Waals surface area (Å²) in [4.78, 5) is 26.6. The molecule has 2 aliphatic carbocycles. The molecule has 2 amide bonds. The fourth-order valence-corrected chi connectivity index (χ4v) is 5.82. The number of piperidine rings is 1. The van der Waals surface area contributed by atoms with Gasteiger partial charge in [0.25, 0.3) is 0 Å².